The average molecular weight is 285 g/mol. The number of H-pyrrole nitrogens is 1. The molecule has 0 amide bonds. The van der Waals surface area contributed by atoms with Gasteiger partial charge in [0.2, 0.25) is 0 Å². The molecular formula is C14H25ClN4. The van der Waals surface area contributed by atoms with E-state index in [4.69, 9.17) is 0 Å². The quantitative estimate of drug-likeness (QED) is 0.892. The molecule has 2 saturated heterocycles. The summed E-state index contributed by atoms with van der Waals surface area (Å²) in [6.45, 7) is 6.25. The van der Waals surface area contributed by atoms with Gasteiger partial charge in [0.1, 0.15) is 0 Å². The Hall–Kier alpha value is -0.580. The average Bonchev–Trinajstić information content (AvgIpc) is 2.95. The van der Waals surface area contributed by atoms with E-state index in [0.29, 0.717) is 0 Å². The monoisotopic (exact) mass is 284 g/mol. The zero-order valence-corrected chi connectivity index (χ0v) is 12.3. The van der Waals surface area contributed by atoms with E-state index in [-0.39, 0.29) is 12.4 Å². The highest BCUT2D eigenvalue weighted by molar-refractivity contribution is 5.85. The number of hydrogen-bond acceptors (Lipinski definition) is 3. The van der Waals surface area contributed by atoms with Crippen LogP contribution in [0, 0.1) is 5.92 Å². The maximum Gasteiger partial charge on any atom is 0.0522 e. The second-order valence-electron chi connectivity index (χ2n) is 5.82. The molecule has 0 spiro atoms. The lowest BCUT2D eigenvalue weighted by Gasteiger charge is -2.35. The summed E-state index contributed by atoms with van der Waals surface area (Å²) in [6, 6.07) is 0. The zero-order valence-electron chi connectivity index (χ0n) is 11.5. The van der Waals surface area contributed by atoms with Crippen molar-refractivity contribution in [1.82, 2.24) is 20.4 Å². The predicted molar refractivity (Wildman–Crippen MR) is 79.8 cm³/mol. The van der Waals surface area contributed by atoms with Gasteiger partial charge in [-0.05, 0) is 69.3 Å². The Kier molecular flexibility index (Phi) is 5.67. The molecule has 5 heteroatoms. The summed E-state index contributed by atoms with van der Waals surface area (Å²) in [7, 11) is 0. The van der Waals surface area contributed by atoms with Gasteiger partial charge < -0.3 is 10.2 Å². The molecule has 0 bridgehead atoms. The van der Waals surface area contributed by atoms with Crippen LogP contribution in [0.5, 0.6) is 0 Å². The Labute approximate surface area is 121 Å². The van der Waals surface area contributed by atoms with Crippen molar-refractivity contribution >= 4 is 12.4 Å². The molecule has 1 atom stereocenters. The molecule has 19 heavy (non-hydrogen) atoms. The number of hydrogen-bond donors (Lipinski definition) is 2. The Balaban J connectivity index is 0.00000133. The van der Waals surface area contributed by atoms with Crippen LogP contribution in [0.3, 0.4) is 0 Å². The molecule has 3 rings (SSSR count). The fourth-order valence-corrected chi connectivity index (χ4v) is 3.38. The fourth-order valence-electron chi connectivity index (χ4n) is 3.38. The summed E-state index contributed by atoms with van der Waals surface area (Å²) < 4.78 is 0. The van der Waals surface area contributed by atoms with E-state index in [1.807, 2.05) is 6.20 Å². The molecule has 108 valence electrons. The summed E-state index contributed by atoms with van der Waals surface area (Å²) >= 11 is 0. The summed E-state index contributed by atoms with van der Waals surface area (Å²) in [4.78, 5) is 2.66. The number of nitrogens with zero attached hydrogens (tertiary/aromatic N) is 2. The molecule has 1 aromatic heterocycles. The first kappa shape index (κ1) is 14.8. The van der Waals surface area contributed by atoms with Gasteiger partial charge in [-0.2, -0.15) is 5.10 Å². The van der Waals surface area contributed by atoms with Gasteiger partial charge in [0.15, 0.2) is 0 Å². The van der Waals surface area contributed by atoms with Crippen LogP contribution in [0.1, 0.15) is 37.2 Å². The van der Waals surface area contributed by atoms with Crippen molar-refractivity contribution in [2.75, 3.05) is 32.7 Å². The highest BCUT2D eigenvalue weighted by Gasteiger charge is 2.23. The van der Waals surface area contributed by atoms with E-state index in [0.717, 1.165) is 11.8 Å². The van der Waals surface area contributed by atoms with E-state index in [2.05, 4.69) is 26.6 Å². The molecule has 0 saturated carbocycles. The molecule has 0 aliphatic carbocycles. The van der Waals surface area contributed by atoms with Crippen LogP contribution < -0.4 is 5.32 Å². The van der Waals surface area contributed by atoms with Crippen molar-refractivity contribution in [3.8, 4) is 0 Å². The Morgan fingerprint density at radius 3 is 2.74 bits per heavy atom. The second kappa shape index (κ2) is 7.27. The maximum atomic E-state index is 4.06. The van der Waals surface area contributed by atoms with E-state index in [1.165, 1.54) is 64.0 Å². The number of rotatable bonds is 3. The van der Waals surface area contributed by atoms with Crippen LogP contribution in [0.4, 0.5) is 0 Å². The molecule has 3 heterocycles. The van der Waals surface area contributed by atoms with Crippen molar-refractivity contribution in [2.24, 2.45) is 5.92 Å². The smallest absolute Gasteiger partial charge is 0.0522 e. The van der Waals surface area contributed by atoms with Crippen LogP contribution in [-0.2, 0) is 0 Å². The summed E-state index contributed by atoms with van der Waals surface area (Å²) in [5.41, 5.74) is 1.40. The van der Waals surface area contributed by atoms with E-state index >= 15 is 0 Å². The second-order valence-corrected chi connectivity index (χ2v) is 5.82. The molecule has 2 aliphatic rings. The topological polar surface area (TPSA) is 44.0 Å². The van der Waals surface area contributed by atoms with Crippen molar-refractivity contribution in [2.45, 2.75) is 31.6 Å². The molecular weight excluding hydrogens is 260 g/mol. The van der Waals surface area contributed by atoms with Crippen LogP contribution in [0.2, 0.25) is 0 Å². The first-order valence-corrected chi connectivity index (χ1v) is 7.33. The lowest BCUT2D eigenvalue weighted by molar-refractivity contribution is 0.169. The SMILES string of the molecule is Cl.c1n[nH]cc1C1CCN(CC2CCCNC2)CC1. The minimum absolute atomic E-state index is 0. The number of likely N-dealkylation sites (tertiary alicyclic amines) is 1. The molecule has 4 nitrogen and oxygen atoms in total. The highest BCUT2D eigenvalue weighted by Crippen LogP contribution is 2.27. The first-order chi connectivity index (χ1) is 8.92. The minimum Gasteiger partial charge on any atom is -0.316 e. The van der Waals surface area contributed by atoms with Gasteiger partial charge in [-0.3, -0.25) is 5.10 Å². The summed E-state index contributed by atoms with van der Waals surface area (Å²) in [5, 5.41) is 10.5. The van der Waals surface area contributed by atoms with Crippen LogP contribution >= 0.6 is 12.4 Å². The van der Waals surface area contributed by atoms with E-state index < -0.39 is 0 Å². The molecule has 2 N–H and O–H groups in total. The molecule has 0 aromatic carbocycles. The summed E-state index contributed by atoms with van der Waals surface area (Å²) in [6.07, 6.45) is 9.40. The van der Waals surface area contributed by atoms with Gasteiger partial charge in [-0.1, -0.05) is 0 Å². The van der Waals surface area contributed by atoms with Crippen molar-refractivity contribution < 1.29 is 0 Å². The van der Waals surface area contributed by atoms with Crippen LogP contribution in [-0.4, -0.2) is 47.8 Å². The first-order valence-electron chi connectivity index (χ1n) is 7.33. The Morgan fingerprint density at radius 2 is 2.11 bits per heavy atom. The lowest BCUT2D eigenvalue weighted by Crippen LogP contribution is -2.41. The van der Waals surface area contributed by atoms with Crippen LogP contribution in [0.15, 0.2) is 12.4 Å². The number of aromatic nitrogens is 2. The largest absolute Gasteiger partial charge is 0.316 e. The van der Waals surface area contributed by atoms with Crippen molar-refractivity contribution in [3.63, 3.8) is 0 Å². The number of aromatic amines is 1. The van der Waals surface area contributed by atoms with Gasteiger partial charge in [0, 0.05) is 12.7 Å². The standard InChI is InChI=1S/C14H24N4.ClH/c1-2-12(8-15-5-1)11-18-6-3-13(4-7-18)14-9-16-17-10-14;/h9-10,12-13,15H,1-8,11H2,(H,16,17);1H. The predicted octanol–water partition coefficient (Wildman–Crippen LogP) is 2.01. The molecule has 0 radical (unpaired) electrons. The van der Waals surface area contributed by atoms with Gasteiger partial charge >= 0.3 is 0 Å². The molecule has 1 aromatic rings. The maximum absolute atomic E-state index is 4.06. The van der Waals surface area contributed by atoms with Crippen molar-refractivity contribution in [3.05, 3.63) is 18.0 Å². The lowest BCUT2D eigenvalue weighted by atomic mass is 9.90. The van der Waals surface area contributed by atoms with Crippen molar-refractivity contribution in [1.29, 1.82) is 0 Å². The van der Waals surface area contributed by atoms with E-state index in [1.54, 1.807) is 0 Å². The third kappa shape index (κ3) is 3.94. The highest BCUT2D eigenvalue weighted by atomic mass is 35.5. The Morgan fingerprint density at radius 1 is 1.26 bits per heavy atom. The molecule has 2 fully saturated rings. The Bertz CT molecular complexity index is 340. The third-order valence-electron chi connectivity index (χ3n) is 4.49. The summed E-state index contributed by atoms with van der Waals surface area (Å²) in [5.74, 6) is 1.61. The zero-order chi connectivity index (χ0) is 12.2. The van der Waals surface area contributed by atoms with Gasteiger partial charge in [-0.25, -0.2) is 0 Å². The number of nitrogens with one attached hydrogen (secondary N) is 2. The fraction of sp³-hybridized carbons (Fsp3) is 0.786. The normalized spacial score (nSPS) is 26.0. The number of piperidine rings is 2. The molecule has 2 aliphatic heterocycles. The minimum atomic E-state index is 0. The van der Waals surface area contributed by atoms with Crippen LogP contribution in [0.25, 0.3) is 0 Å². The molecule has 1 unspecified atom stereocenters. The number of halogens is 1. The van der Waals surface area contributed by atoms with Gasteiger partial charge in [0.05, 0.1) is 6.20 Å². The van der Waals surface area contributed by atoms with Gasteiger partial charge in [-0.15, -0.1) is 12.4 Å². The van der Waals surface area contributed by atoms with E-state index in [9.17, 15) is 0 Å². The third-order valence-corrected chi connectivity index (χ3v) is 4.49. The van der Waals surface area contributed by atoms with Gasteiger partial charge in [0.25, 0.3) is 0 Å².